The van der Waals surface area contributed by atoms with Crippen molar-refractivity contribution in [2.75, 3.05) is 20.3 Å². The van der Waals surface area contributed by atoms with Gasteiger partial charge in [0.05, 0.1) is 33.0 Å². The zero-order chi connectivity index (χ0) is 24.6. The number of furan rings is 1. The minimum Gasteiger partial charge on any atom is -0.494 e. The summed E-state index contributed by atoms with van der Waals surface area (Å²) in [7, 11) is 1.40. The molecule has 0 aliphatic heterocycles. The van der Waals surface area contributed by atoms with E-state index >= 15 is 0 Å². The highest BCUT2D eigenvalue weighted by atomic mass is 16.5. The number of unbranched alkanes of at least 4 members (excludes halogenated alkanes) is 1. The monoisotopic (exact) mass is 466 g/mol. The average molecular weight is 467 g/mol. The van der Waals surface area contributed by atoms with Crippen LogP contribution in [0.4, 0.5) is 0 Å². The van der Waals surface area contributed by atoms with Gasteiger partial charge in [-0.3, -0.25) is 4.79 Å². The van der Waals surface area contributed by atoms with E-state index < -0.39 is 0 Å². The highest BCUT2D eigenvalue weighted by molar-refractivity contribution is 5.86. The Kier molecular flexibility index (Phi) is 9.03. The highest BCUT2D eigenvalue weighted by Crippen LogP contribution is 2.35. The number of hydrogen-bond acceptors (Lipinski definition) is 5. The summed E-state index contributed by atoms with van der Waals surface area (Å²) in [4.78, 5) is 11.5. The van der Waals surface area contributed by atoms with Gasteiger partial charge in [-0.1, -0.05) is 46.2 Å². The maximum Gasteiger partial charge on any atom is 0.309 e. The smallest absolute Gasteiger partial charge is 0.309 e. The van der Waals surface area contributed by atoms with E-state index in [1.807, 2.05) is 30.5 Å². The van der Waals surface area contributed by atoms with Gasteiger partial charge in [0.15, 0.2) is 0 Å². The molecule has 2 aromatic carbocycles. The van der Waals surface area contributed by atoms with Gasteiger partial charge in [-0.2, -0.15) is 0 Å². The van der Waals surface area contributed by atoms with Crippen molar-refractivity contribution in [2.45, 2.75) is 66.2 Å². The third kappa shape index (κ3) is 7.28. The van der Waals surface area contributed by atoms with Gasteiger partial charge in [0.25, 0.3) is 0 Å². The van der Waals surface area contributed by atoms with Crippen LogP contribution in [-0.2, 0) is 28.8 Å². The molecule has 5 heteroatoms. The predicted molar refractivity (Wildman–Crippen MR) is 136 cm³/mol. The molecule has 3 rings (SSSR count). The van der Waals surface area contributed by atoms with Crippen molar-refractivity contribution in [2.24, 2.45) is 5.41 Å². The third-order valence-corrected chi connectivity index (χ3v) is 5.64. The number of carbonyl (C=O) groups is 1. The van der Waals surface area contributed by atoms with Crippen LogP contribution in [-0.4, -0.2) is 26.3 Å². The molecule has 0 bridgehead atoms. The molecule has 5 nitrogen and oxygen atoms in total. The summed E-state index contributed by atoms with van der Waals surface area (Å²) >= 11 is 0. The van der Waals surface area contributed by atoms with E-state index in [1.165, 1.54) is 23.6 Å². The van der Waals surface area contributed by atoms with Crippen LogP contribution in [0.1, 0.15) is 63.6 Å². The number of methoxy groups -OCH3 is 1. The maximum atomic E-state index is 11.5. The molecule has 0 atom stereocenters. The van der Waals surface area contributed by atoms with Crippen molar-refractivity contribution in [1.29, 1.82) is 0 Å². The van der Waals surface area contributed by atoms with Gasteiger partial charge >= 0.3 is 5.97 Å². The van der Waals surface area contributed by atoms with E-state index in [-0.39, 0.29) is 17.8 Å². The molecular formula is C29H38O5. The van der Waals surface area contributed by atoms with Crippen LogP contribution in [0.3, 0.4) is 0 Å². The summed E-state index contributed by atoms with van der Waals surface area (Å²) in [5.41, 5.74) is 4.49. The summed E-state index contributed by atoms with van der Waals surface area (Å²) in [6.45, 7) is 10.2. The summed E-state index contributed by atoms with van der Waals surface area (Å²) in [6.07, 6.45) is 6.88. The van der Waals surface area contributed by atoms with E-state index in [2.05, 4.69) is 39.8 Å². The Morgan fingerprint density at radius 3 is 2.50 bits per heavy atom. The number of aryl methyl sites for hydroxylation is 1. The quantitative estimate of drug-likeness (QED) is 0.214. The van der Waals surface area contributed by atoms with Gasteiger partial charge in [-0.25, -0.2) is 0 Å². The van der Waals surface area contributed by atoms with E-state index in [0.29, 0.717) is 13.2 Å². The molecule has 0 aliphatic rings. The Morgan fingerprint density at radius 2 is 1.79 bits per heavy atom. The molecule has 3 aromatic rings. The molecule has 0 fully saturated rings. The average Bonchev–Trinajstić information content (AvgIpc) is 3.19. The lowest BCUT2D eigenvalue weighted by atomic mass is 9.88. The largest absolute Gasteiger partial charge is 0.494 e. The van der Waals surface area contributed by atoms with Gasteiger partial charge in [-0.05, 0) is 66.5 Å². The van der Waals surface area contributed by atoms with Gasteiger partial charge in [-0.15, -0.1) is 0 Å². The lowest BCUT2D eigenvalue weighted by Gasteiger charge is -2.17. The van der Waals surface area contributed by atoms with E-state index in [9.17, 15) is 4.79 Å². The normalized spacial score (nSPS) is 11.6. The molecule has 0 spiro atoms. The van der Waals surface area contributed by atoms with Gasteiger partial charge < -0.3 is 18.6 Å². The number of fused-ring (bicyclic) bond motifs is 1. The second-order valence-electron chi connectivity index (χ2n) is 9.97. The van der Waals surface area contributed by atoms with Crippen molar-refractivity contribution >= 4 is 16.9 Å². The Morgan fingerprint density at radius 1 is 1.03 bits per heavy atom. The van der Waals surface area contributed by atoms with Crippen molar-refractivity contribution in [1.82, 2.24) is 0 Å². The number of esters is 1. The SMILES string of the molecule is CCCc1c(OCCCCOc2cccc(CC(=O)OC)c2)ccc2c(CC(C)(C)C)coc12. The second-order valence-corrected chi connectivity index (χ2v) is 9.97. The number of carbonyl (C=O) groups excluding carboxylic acids is 1. The van der Waals surface area contributed by atoms with Crippen LogP contribution >= 0.6 is 0 Å². The first-order chi connectivity index (χ1) is 16.3. The molecule has 0 aliphatic carbocycles. The summed E-state index contributed by atoms with van der Waals surface area (Å²) in [5, 5.41) is 1.20. The molecule has 0 radical (unpaired) electrons. The predicted octanol–water partition coefficient (Wildman–Crippen LogP) is 6.93. The van der Waals surface area contributed by atoms with Gasteiger partial charge in [0.1, 0.15) is 17.1 Å². The molecule has 0 unspecified atom stereocenters. The first-order valence-electron chi connectivity index (χ1n) is 12.2. The van der Waals surface area contributed by atoms with Crippen LogP contribution < -0.4 is 9.47 Å². The fraction of sp³-hybridized carbons (Fsp3) is 0.483. The van der Waals surface area contributed by atoms with Crippen LogP contribution in [0.2, 0.25) is 0 Å². The zero-order valence-corrected chi connectivity index (χ0v) is 21.2. The van der Waals surface area contributed by atoms with Crippen LogP contribution in [0.15, 0.2) is 47.1 Å². The molecule has 34 heavy (non-hydrogen) atoms. The van der Waals surface area contributed by atoms with Crippen LogP contribution in [0.5, 0.6) is 11.5 Å². The van der Waals surface area contributed by atoms with Gasteiger partial charge in [0, 0.05) is 10.9 Å². The van der Waals surface area contributed by atoms with E-state index in [1.54, 1.807) is 0 Å². The number of benzene rings is 2. The maximum absolute atomic E-state index is 11.5. The first kappa shape index (κ1) is 25.7. The highest BCUT2D eigenvalue weighted by Gasteiger charge is 2.19. The molecule has 1 aromatic heterocycles. The molecule has 0 saturated carbocycles. The molecule has 0 amide bonds. The van der Waals surface area contributed by atoms with Crippen molar-refractivity contribution in [3.05, 3.63) is 59.4 Å². The molecular weight excluding hydrogens is 428 g/mol. The fourth-order valence-corrected chi connectivity index (χ4v) is 4.08. The van der Waals surface area contributed by atoms with Crippen molar-refractivity contribution < 1.29 is 23.4 Å². The lowest BCUT2D eigenvalue weighted by molar-refractivity contribution is -0.139. The van der Waals surface area contributed by atoms with E-state index in [4.69, 9.17) is 18.6 Å². The number of ether oxygens (including phenoxy) is 3. The molecule has 0 N–H and O–H groups in total. The minimum atomic E-state index is -0.255. The topological polar surface area (TPSA) is 57.9 Å². The Bertz CT molecular complexity index is 1070. The molecule has 0 saturated heterocycles. The zero-order valence-electron chi connectivity index (χ0n) is 21.2. The van der Waals surface area contributed by atoms with E-state index in [0.717, 1.165) is 54.7 Å². The Labute approximate surface area is 203 Å². The van der Waals surface area contributed by atoms with Crippen molar-refractivity contribution in [3.8, 4) is 11.5 Å². The standard InChI is InChI=1S/C29H38O5/c1-6-10-25-26(14-13-24-22(19-29(2,3)4)20-34-28(24)25)33-16-8-7-15-32-23-12-9-11-21(17-23)18-27(30)31-5/h9,11-14,17,20H,6-8,10,15-16,18-19H2,1-5H3. The molecule has 1 heterocycles. The Balaban J connectivity index is 1.52. The third-order valence-electron chi connectivity index (χ3n) is 5.64. The Hall–Kier alpha value is -2.95. The first-order valence-corrected chi connectivity index (χ1v) is 12.2. The summed E-state index contributed by atoms with van der Waals surface area (Å²) in [5.74, 6) is 1.43. The number of hydrogen-bond donors (Lipinski definition) is 0. The summed E-state index contributed by atoms with van der Waals surface area (Å²) < 4.78 is 22.8. The minimum absolute atomic E-state index is 0.210. The van der Waals surface area contributed by atoms with Gasteiger partial charge in [0.2, 0.25) is 0 Å². The van der Waals surface area contributed by atoms with Crippen LogP contribution in [0.25, 0.3) is 11.0 Å². The second kappa shape index (κ2) is 12.0. The number of rotatable bonds is 12. The lowest BCUT2D eigenvalue weighted by Crippen LogP contribution is -2.08. The van der Waals surface area contributed by atoms with Crippen LogP contribution in [0, 0.1) is 5.41 Å². The summed E-state index contributed by atoms with van der Waals surface area (Å²) in [6, 6.07) is 11.8. The van der Waals surface area contributed by atoms with Crippen molar-refractivity contribution in [3.63, 3.8) is 0 Å². The fourth-order valence-electron chi connectivity index (χ4n) is 4.08. The molecule has 184 valence electrons.